The molecule has 2 aromatic carbocycles. The zero-order valence-electron chi connectivity index (χ0n) is 17.4. The van der Waals surface area contributed by atoms with Crippen LogP contribution in [-0.2, 0) is 10.5 Å². The monoisotopic (exact) mass is 494 g/mol. The first-order valence-corrected chi connectivity index (χ1v) is 12.1. The van der Waals surface area contributed by atoms with Crippen LogP contribution in [-0.4, -0.2) is 20.5 Å². The summed E-state index contributed by atoms with van der Waals surface area (Å²) in [6, 6.07) is 18.1. The molecule has 0 amide bonds. The van der Waals surface area contributed by atoms with Gasteiger partial charge in [0.15, 0.2) is 5.78 Å². The van der Waals surface area contributed by atoms with Gasteiger partial charge in [-0.05, 0) is 35.1 Å². The fourth-order valence-electron chi connectivity index (χ4n) is 4.36. The van der Waals surface area contributed by atoms with E-state index in [4.69, 9.17) is 10.1 Å². The van der Waals surface area contributed by atoms with Gasteiger partial charge in [0.25, 0.3) is 0 Å². The molecule has 0 saturated carbocycles. The molecule has 1 aliphatic heterocycles. The highest BCUT2D eigenvalue weighted by atomic mass is 79.9. The van der Waals surface area contributed by atoms with Crippen LogP contribution >= 0.6 is 27.7 Å². The molecule has 0 radical (unpaired) electrons. The highest BCUT2D eigenvalue weighted by Gasteiger charge is 2.41. The number of Topliss-reactive ketones (excluding diaryl/α,β-unsaturated/α-hetero) is 1. The Morgan fingerprint density at radius 3 is 2.74 bits per heavy atom. The van der Waals surface area contributed by atoms with Crippen LogP contribution in [0, 0.1) is 5.41 Å². The first kappa shape index (κ1) is 20.5. The van der Waals surface area contributed by atoms with Crippen LogP contribution in [0.25, 0.3) is 0 Å². The molecular weight excluding hydrogens is 472 g/mol. The standard InChI is InChI=1S/C24H23BrN4OS/c1-24(2)12-18-20(19(30)13-24)21(16-9-6-10-17(25)11-16)29-22(26-18)27-23(28-29)31-14-15-7-4-3-5-8-15/h3-11,21H,12-14H2,1-2H3,(H,26,27,28)/t21-/m1/s1. The number of fused-ring (bicyclic) bond motifs is 1. The molecule has 2 aliphatic rings. The maximum absolute atomic E-state index is 13.3. The van der Waals surface area contributed by atoms with Gasteiger partial charge in [-0.3, -0.25) is 4.79 Å². The molecule has 5 nitrogen and oxygen atoms in total. The normalized spacial score (nSPS) is 19.6. The van der Waals surface area contributed by atoms with Crippen molar-refractivity contribution < 1.29 is 4.79 Å². The molecule has 0 bridgehead atoms. The van der Waals surface area contributed by atoms with Gasteiger partial charge >= 0.3 is 0 Å². The third kappa shape index (κ3) is 4.08. The van der Waals surface area contributed by atoms with Crippen molar-refractivity contribution >= 4 is 39.4 Å². The molecule has 0 saturated heterocycles. The topological polar surface area (TPSA) is 59.8 Å². The van der Waals surface area contributed by atoms with E-state index in [9.17, 15) is 4.79 Å². The fraction of sp³-hybridized carbons (Fsp3) is 0.292. The number of benzene rings is 2. The highest BCUT2D eigenvalue weighted by molar-refractivity contribution is 9.10. The summed E-state index contributed by atoms with van der Waals surface area (Å²) >= 11 is 5.19. The number of thioether (sulfide) groups is 1. The van der Waals surface area contributed by atoms with Crippen LogP contribution < -0.4 is 5.32 Å². The summed E-state index contributed by atoms with van der Waals surface area (Å²) in [6.07, 6.45) is 1.36. The summed E-state index contributed by atoms with van der Waals surface area (Å²) in [5.74, 6) is 1.68. The van der Waals surface area contributed by atoms with Crippen LogP contribution in [0.1, 0.15) is 43.9 Å². The molecule has 1 aromatic heterocycles. The Labute approximate surface area is 194 Å². The van der Waals surface area contributed by atoms with Crippen molar-refractivity contribution in [3.05, 3.63) is 81.5 Å². The smallest absolute Gasteiger partial charge is 0.227 e. The van der Waals surface area contributed by atoms with E-state index < -0.39 is 0 Å². The van der Waals surface area contributed by atoms with Gasteiger partial charge < -0.3 is 5.32 Å². The lowest BCUT2D eigenvalue weighted by Gasteiger charge is -2.38. The molecule has 1 aliphatic carbocycles. The number of nitrogens with zero attached hydrogens (tertiary/aromatic N) is 3. The number of rotatable bonds is 4. The number of halogens is 1. The molecule has 5 rings (SSSR count). The van der Waals surface area contributed by atoms with Gasteiger partial charge in [-0.25, -0.2) is 4.68 Å². The van der Waals surface area contributed by atoms with Gasteiger partial charge in [-0.1, -0.05) is 84.0 Å². The minimum absolute atomic E-state index is 0.0716. The molecule has 7 heteroatoms. The molecular formula is C24H23BrN4OS. The Hall–Kier alpha value is -2.38. The molecule has 0 spiro atoms. The number of anilines is 1. The van der Waals surface area contributed by atoms with E-state index in [0.29, 0.717) is 17.5 Å². The summed E-state index contributed by atoms with van der Waals surface area (Å²) in [6.45, 7) is 4.29. The summed E-state index contributed by atoms with van der Waals surface area (Å²) in [5, 5.41) is 8.97. The lowest BCUT2D eigenvalue weighted by atomic mass is 9.73. The van der Waals surface area contributed by atoms with Gasteiger partial charge in [0.2, 0.25) is 11.1 Å². The maximum Gasteiger partial charge on any atom is 0.227 e. The van der Waals surface area contributed by atoms with Gasteiger partial charge in [-0.15, -0.1) is 5.10 Å². The second-order valence-electron chi connectivity index (χ2n) is 8.85. The molecule has 0 fully saturated rings. The molecule has 3 aromatic rings. The molecule has 2 heterocycles. The number of hydrogen-bond donors (Lipinski definition) is 1. The van der Waals surface area contributed by atoms with Crippen LogP contribution in [0.5, 0.6) is 0 Å². The molecule has 1 N–H and O–H groups in total. The van der Waals surface area contributed by atoms with Crippen LogP contribution in [0.2, 0.25) is 0 Å². The van der Waals surface area contributed by atoms with Crippen molar-refractivity contribution in [2.45, 2.75) is 43.6 Å². The number of aromatic nitrogens is 3. The largest absolute Gasteiger partial charge is 0.328 e. The van der Waals surface area contributed by atoms with E-state index in [1.807, 2.05) is 35.0 Å². The number of ketones is 1. The SMILES string of the molecule is CC1(C)CC(=O)C2=C(C1)Nc1nc(SCc3ccccc3)nn1[C@@H]2c1cccc(Br)c1. The first-order valence-electron chi connectivity index (χ1n) is 10.3. The predicted octanol–water partition coefficient (Wildman–Crippen LogP) is 5.99. The van der Waals surface area contributed by atoms with Crippen molar-refractivity contribution in [3.63, 3.8) is 0 Å². The van der Waals surface area contributed by atoms with Crippen LogP contribution in [0.4, 0.5) is 5.95 Å². The molecule has 158 valence electrons. The van der Waals surface area contributed by atoms with E-state index >= 15 is 0 Å². The van der Waals surface area contributed by atoms with E-state index in [1.165, 1.54) is 5.56 Å². The number of nitrogens with one attached hydrogen (secondary N) is 1. The second-order valence-corrected chi connectivity index (χ2v) is 10.7. The summed E-state index contributed by atoms with van der Waals surface area (Å²) < 4.78 is 2.86. The Balaban J connectivity index is 1.55. The summed E-state index contributed by atoms with van der Waals surface area (Å²) in [4.78, 5) is 18.0. The zero-order chi connectivity index (χ0) is 21.6. The third-order valence-electron chi connectivity index (χ3n) is 5.69. The van der Waals surface area contributed by atoms with E-state index in [1.54, 1.807) is 11.8 Å². The fourth-order valence-corrected chi connectivity index (χ4v) is 5.56. The molecule has 31 heavy (non-hydrogen) atoms. The van der Waals surface area contributed by atoms with Crippen molar-refractivity contribution in [1.82, 2.24) is 14.8 Å². The Morgan fingerprint density at radius 1 is 1.16 bits per heavy atom. The van der Waals surface area contributed by atoms with Crippen molar-refractivity contribution in [2.24, 2.45) is 5.41 Å². The number of carbonyl (C=O) groups is 1. The van der Waals surface area contributed by atoms with Gasteiger partial charge in [0.1, 0.15) is 6.04 Å². The lowest BCUT2D eigenvalue weighted by molar-refractivity contribution is -0.118. The van der Waals surface area contributed by atoms with E-state index in [-0.39, 0.29) is 17.2 Å². The lowest BCUT2D eigenvalue weighted by Crippen LogP contribution is -2.36. The number of carbonyl (C=O) groups excluding carboxylic acids is 1. The number of allylic oxidation sites excluding steroid dienone is 2. The van der Waals surface area contributed by atoms with Gasteiger partial charge in [-0.2, -0.15) is 4.98 Å². The average molecular weight is 495 g/mol. The number of hydrogen-bond acceptors (Lipinski definition) is 5. The van der Waals surface area contributed by atoms with Gasteiger partial charge in [0, 0.05) is 27.9 Å². The minimum atomic E-state index is -0.272. The van der Waals surface area contributed by atoms with E-state index in [2.05, 4.69) is 59.4 Å². The first-order chi connectivity index (χ1) is 14.9. The minimum Gasteiger partial charge on any atom is -0.328 e. The van der Waals surface area contributed by atoms with Crippen LogP contribution in [0.15, 0.2) is 75.5 Å². The quantitative estimate of drug-likeness (QED) is 0.451. The summed E-state index contributed by atoms with van der Waals surface area (Å²) in [7, 11) is 0. The van der Waals surface area contributed by atoms with Crippen molar-refractivity contribution in [2.75, 3.05) is 5.32 Å². The molecule has 0 unspecified atom stereocenters. The third-order valence-corrected chi connectivity index (χ3v) is 7.09. The summed E-state index contributed by atoms with van der Waals surface area (Å²) in [5.41, 5.74) is 3.98. The molecule has 1 atom stereocenters. The Morgan fingerprint density at radius 2 is 1.97 bits per heavy atom. The van der Waals surface area contributed by atoms with E-state index in [0.717, 1.165) is 33.5 Å². The highest BCUT2D eigenvalue weighted by Crippen LogP contribution is 2.45. The second kappa shape index (κ2) is 7.95. The van der Waals surface area contributed by atoms with Crippen molar-refractivity contribution in [1.29, 1.82) is 0 Å². The Bertz CT molecular complexity index is 1190. The van der Waals surface area contributed by atoms with Crippen molar-refractivity contribution in [3.8, 4) is 0 Å². The van der Waals surface area contributed by atoms with Gasteiger partial charge in [0.05, 0.1) is 0 Å². The maximum atomic E-state index is 13.3. The Kier molecular flexibility index (Phi) is 5.26. The average Bonchev–Trinajstić information content (AvgIpc) is 3.13. The predicted molar refractivity (Wildman–Crippen MR) is 127 cm³/mol. The van der Waals surface area contributed by atoms with Crippen LogP contribution in [0.3, 0.4) is 0 Å². The zero-order valence-corrected chi connectivity index (χ0v) is 19.8.